The van der Waals surface area contributed by atoms with E-state index >= 15 is 0 Å². The Labute approximate surface area is 155 Å². The summed E-state index contributed by atoms with van der Waals surface area (Å²) in [7, 11) is 0. The van der Waals surface area contributed by atoms with Gasteiger partial charge in [-0.1, -0.05) is 37.3 Å². The Balaban J connectivity index is 1.68. The second-order valence-electron chi connectivity index (χ2n) is 6.66. The summed E-state index contributed by atoms with van der Waals surface area (Å²) >= 11 is 0. The third kappa shape index (κ3) is 4.64. The molecule has 1 aliphatic rings. The van der Waals surface area contributed by atoms with Crippen LogP contribution in [0.3, 0.4) is 0 Å². The molecule has 1 aliphatic heterocycles. The second kappa shape index (κ2) is 8.86. The van der Waals surface area contributed by atoms with Crippen LogP contribution in [0.15, 0.2) is 54.6 Å². The van der Waals surface area contributed by atoms with E-state index < -0.39 is 0 Å². The normalized spacial score (nSPS) is 22.6. The highest BCUT2D eigenvalue weighted by atomic mass is 16.5. The lowest BCUT2D eigenvalue weighted by atomic mass is 9.93. The van der Waals surface area contributed by atoms with Gasteiger partial charge in [0.05, 0.1) is 18.8 Å². The lowest BCUT2D eigenvalue weighted by Crippen LogP contribution is -2.42. The Bertz CT molecular complexity index is 699. The zero-order valence-corrected chi connectivity index (χ0v) is 15.5. The van der Waals surface area contributed by atoms with Crippen molar-refractivity contribution in [1.82, 2.24) is 5.32 Å². The average molecular weight is 353 g/mol. The molecule has 0 bridgehead atoms. The van der Waals surface area contributed by atoms with Crippen LogP contribution < -0.4 is 10.1 Å². The second-order valence-corrected chi connectivity index (χ2v) is 6.66. The van der Waals surface area contributed by atoms with Gasteiger partial charge in [0.15, 0.2) is 0 Å². The molecule has 0 aliphatic carbocycles. The summed E-state index contributed by atoms with van der Waals surface area (Å²) in [5.74, 6) is 0.853. The molecule has 1 saturated heterocycles. The van der Waals surface area contributed by atoms with Gasteiger partial charge in [-0.15, -0.1) is 0 Å². The van der Waals surface area contributed by atoms with E-state index in [9.17, 15) is 4.79 Å². The fraction of sp³-hybridized carbons (Fsp3) is 0.409. The van der Waals surface area contributed by atoms with E-state index in [1.807, 2.05) is 49.4 Å². The van der Waals surface area contributed by atoms with Crippen molar-refractivity contribution in [3.05, 3.63) is 65.7 Å². The number of carbonyl (C=O) groups excluding carboxylic acids is 1. The Morgan fingerprint density at radius 2 is 1.81 bits per heavy atom. The molecule has 0 aromatic heterocycles. The number of hydrogen-bond donors (Lipinski definition) is 1. The summed E-state index contributed by atoms with van der Waals surface area (Å²) in [6.07, 6.45) is 2.71. The van der Waals surface area contributed by atoms with Gasteiger partial charge in [-0.05, 0) is 56.0 Å². The van der Waals surface area contributed by atoms with E-state index in [-0.39, 0.29) is 24.2 Å². The standard InChI is InChI=1S/C22H27NO3/c1-3-19-14-18(23-22(24)17-8-6-5-7-9-17)15-21(26-19)16-10-12-20(13-11-16)25-4-2/h5-13,18-19,21H,3-4,14-15H2,1-2H3,(H,23,24)/t18-,19+,21+/m0/s1. The smallest absolute Gasteiger partial charge is 0.251 e. The van der Waals surface area contributed by atoms with E-state index in [0.29, 0.717) is 12.2 Å². The zero-order valence-electron chi connectivity index (χ0n) is 15.5. The Hall–Kier alpha value is -2.33. The van der Waals surface area contributed by atoms with Gasteiger partial charge in [-0.25, -0.2) is 0 Å². The van der Waals surface area contributed by atoms with Gasteiger partial charge < -0.3 is 14.8 Å². The molecule has 26 heavy (non-hydrogen) atoms. The molecule has 1 heterocycles. The molecule has 1 amide bonds. The van der Waals surface area contributed by atoms with Gasteiger partial charge >= 0.3 is 0 Å². The maximum absolute atomic E-state index is 12.5. The van der Waals surface area contributed by atoms with Crippen LogP contribution in [0, 0.1) is 0 Å². The van der Waals surface area contributed by atoms with Crippen molar-refractivity contribution in [3.8, 4) is 5.75 Å². The predicted octanol–water partition coefficient (Wildman–Crippen LogP) is 4.51. The Morgan fingerprint density at radius 3 is 2.46 bits per heavy atom. The van der Waals surface area contributed by atoms with E-state index in [1.54, 1.807) is 0 Å². The van der Waals surface area contributed by atoms with E-state index in [4.69, 9.17) is 9.47 Å². The number of hydrogen-bond acceptors (Lipinski definition) is 3. The van der Waals surface area contributed by atoms with E-state index in [1.165, 1.54) is 0 Å². The van der Waals surface area contributed by atoms with Gasteiger partial charge in [-0.2, -0.15) is 0 Å². The van der Waals surface area contributed by atoms with Crippen molar-refractivity contribution in [2.45, 2.75) is 51.4 Å². The van der Waals surface area contributed by atoms with Gasteiger partial charge in [0.25, 0.3) is 5.91 Å². The quantitative estimate of drug-likeness (QED) is 0.831. The molecule has 0 spiro atoms. The molecule has 4 nitrogen and oxygen atoms in total. The highest BCUT2D eigenvalue weighted by Gasteiger charge is 2.30. The fourth-order valence-electron chi connectivity index (χ4n) is 3.41. The molecular formula is C22H27NO3. The summed E-state index contributed by atoms with van der Waals surface area (Å²) in [5.41, 5.74) is 1.83. The molecule has 3 atom stereocenters. The van der Waals surface area contributed by atoms with Crippen LogP contribution in [0.2, 0.25) is 0 Å². The molecule has 0 unspecified atom stereocenters. The van der Waals surface area contributed by atoms with Crippen LogP contribution in [0.25, 0.3) is 0 Å². The number of nitrogens with one attached hydrogen (secondary N) is 1. The van der Waals surface area contributed by atoms with Gasteiger partial charge in [0.2, 0.25) is 0 Å². The summed E-state index contributed by atoms with van der Waals surface area (Å²) in [6, 6.07) is 17.6. The third-order valence-electron chi connectivity index (χ3n) is 4.79. The van der Waals surface area contributed by atoms with Crippen LogP contribution in [-0.2, 0) is 4.74 Å². The van der Waals surface area contributed by atoms with Crippen molar-refractivity contribution in [1.29, 1.82) is 0 Å². The maximum Gasteiger partial charge on any atom is 0.251 e. The molecule has 138 valence electrons. The van der Waals surface area contributed by atoms with Gasteiger partial charge in [0.1, 0.15) is 5.75 Å². The van der Waals surface area contributed by atoms with Gasteiger partial charge in [0, 0.05) is 11.6 Å². The molecule has 1 fully saturated rings. The van der Waals surface area contributed by atoms with E-state index in [0.717, 1.165) is 30.6 Å². The van der Waals surface area contributed by atoms with Crippen molar-refractivity contribution >= 4 is 5.91 Å². The van der Waals surface area contributed by atoms with Crippen molar-refractivity contribution in [2.75, 3.05) is 6.61 Å². The minimum atomic E-state index is -0.0159. The largest absolute Gasteiger partial charge is 0.494 e. The first-order chi connectivity index (χ1) is 12.7. The first-order valence-corrected chi connectivity index (χ1v) is 9.43. The summed E-state index contributed by atoms with van der Waals surface area (Å²) in [4.78, 5) is 12.5. The molecule has 4 heteroatoms. The van der Waals surface area contributed by atoms with Crippen LogP contribution in [0.5, 0.6) is 5.75 Å². The monoisotopic (exact) mass is 353 g/mol. The molecule has 1 N–H and O–H groups in total. The summed E-state index contributed by atoms with van der Waals surface area (Å²) in [5, 5.41) is 3.19. The molecule has 0 saturated carbocycles. The lowest BCUT2D eigenvalue weighted by Gasteiger charge is -2.36. The molecule has 3 rings (SSSR count). The van der Waals surface area contributed by atoms with E-state index in [2.05, 4.69) is 24.4 Å². The SMILES string of the molecule is CCOc1ccc([C@H]2C[C@@H](NC(=O)c3ccccc3)C[C@@H](CC)O2)cc1. The van der Waals surface area contributed by atoms with Crippen LogP contribution in [0.4, 0.5) is 0 Å². The van der Waals surface area contributed by atoms with Crippen molar-refractivity contribution in [2.24, 2.45) is 0 Å². The van der Waals surface area contributed by atoms with Crippen molar-refractivity contribution in [3.63, 3.8) is 0 Å². The molecule has 2 aromatic carbocycles. The first kappa shape index (κ1) is 18.5. The minimum absolute atomic E-state index is 0.00884. The van der Waals surface area contributed by atoms with Crippen LogP contribution in [0.1, 0.15) is 55.1 Å². The minimum Gasteiger partial charge on any atom is -0.494 e. The Kier molecular flexibility index (Phi) is 6.29. The maximum atomic E-state index is 12.5. The zero-order chi connectivity index (χ0) is 18.4. The number of benzene rings is 2. The summed E-state index contributed by atoms with van der Waals surface area (Å²) < 4.78 is 11.8. The molecule has 2 aromatic rings. The van der Waals surface area contributed by atoms with Crippen molar-refractivity contribution < 1.29 is 14.3 Å². The van der Waals surface area contributed by atoms with Crippen LogP contribution >= 0.6 is 0 Å². The van der Waals surface area contributed by atoms with Crippen LogP contribution in [-0.4, -0.2) is 24.7 Å². The van der Waals surface area contributed by atoms with Gasteiger partial charge in [-0.3, -0.25) is 4.79 Å². The first-order valence-electron chi connectivity index (χ1n) is 9.43. The highest BCUT2D eigenvalue weighted by Crippen LogP contribution is 2.33. The third-order valence-corrected chi connectivity index (χ3v) is 4.79. The summed E-state index contributed by atoms with van der Waals surface area (Å²) in [6.45, 7) is 4.76. The highest BCUT2D eigenvalue weighted by molar-refractivity contribution is 5.94. The topological polar surface area (TPSA) is 47.6 Å². The number of rotatable bonds is 6. The fourth-order valence-corrected chi connectivity index (χ4v) is 3.41. The number of ether oxygens (including phenoxy) is 2. The lowest BCUT2D eigenvalue weighted by molar-refractivity contribution is -0.0632. The number of carbonyl (C=O) groups is 1. The predicted molar refractivity (Wildman–Crippen MR) is 102 cm³/mol. The molecular weight excluding hydrogens is 326 g/mol. The Morgan fingerprint density at radius 1 is 1.08 bits per heavy atom. The number of amides is 1. The average Bonchev–Trinajstić information content (AvgIpc) is 2.69. The molecule has 0 radical (unpaired) electrons.